The second-order valence-corrected chi connectivity index (χ2v) is 9.44. The molecule has 0 amide bonds. The fourth-order valence-corrected chi connectivity index (χ4v) is 4.24. The number of phenols is 2. The maximum absolute atomic E-state index is 10.6. The van der Waals surface area contributed by atoms with Crippen LogP contribution in [-0.4, -0.2) is 22.3 Å². The van der Waals surface area contributed by atoms with Gasteiger partial charge in [0, 0.05) is 0 Å². The minimum Gasteiger partial charge on any atom is -0.508 e. The molecule has 28 heavy (non-hydrogen) atoms. The highest BCUT2D eigenvalue weighted by molar-refractivity contribution is 5.46. The summed E-state index contributed by atoms with van der Waals surface area (Å²) in [4.78, 5) is 10.5. The molecule has 0 aliphatic heterocycles. The van der Waals surface area contributed by atoms with Crippen molar-refractivity contribution in [2.75, 3.05) is 0 Å². The van der Waals surface area contributed by atoms with Crippen molar-refractivity contribution in [1.82, 2.24) is 0 Å². The average Bonchev–Trinajstić information content (AvgIpc) is 3.57. The topological polar surface area (TPSA) is 66.8 Å². The fourth-order valence-electron chi connectivity index (χ4n) is 4.24. The molecule has 0 radical (unpaired) electrons. The number of hydrogen-bond acceptors (Lipinski definition) is 4. The van der Waals surface area contributed by atoms with Gasteiger partial charge in [-0.15, -0.1) is 0 Å². The molecule has 4 heteroatoms. The van der Waals surface area contributed by atoms with Gasteiger partial charge in [-0.2, -0.15) is 0 Å². The summed E-state index contributed by atoms with van der Waals surface area (Å²) in [6, 6.07) is 3.42. The number of aromatic hydroxyl groups is 2. The van der Waals surface area contributed by atoms with Crippen molar-refractivity contribution < 1.29 is 19.7 Å². The van der Waals surface area contributed by atoms with Crippen LogP contribution in [0.4, 0.5) is 0 Å². The molecule has 0 atom stereocenters. The number of hydrogen-bond donors (Lipinski definition) is 2. The van der Waals surface area contributed by atoms with Crippen LogP contribution in [-0.2, 0) is 22.4 Å². The summed E-state index contributed by atoms with van der Waals surface area (Å²) in [6.45, 7) is 2.95. The molecule has 0 heterocycles. The molecule has 0 saturated heterocycles. The van der Waals surface area contributed by atoms with Crippen molar-refractivity contribution in [3.63, 3.8) is 0 Å². The molecule has 3 rings (SSSR count). The Bertz CT molecular complexity index is 659. The van der Waals surface area contributed by atoms with Gasteiger partial charge in [0.25, 0.3) is 6.47 Å². The highest BCUT2D eigenvalue weighted by atomic mass is 16.5. The van der Waals surface area contributed by atoms with Crippen molar-refractivity contribution in [3.05, 3.63) is 23.3 Å². The molecule has 0 bridgehead atoms. The molecule has 0 aromatic heterocycles. The van der Waals surface area contributed by atoms with E-state index in [0.29, 0.717) is 17.6 Å². The number of ether oxygens (including phenoxy) is 1. The largest absolute Gasteiger partial charge is 0.508 e. The van der Waals surface area contributed by atoms with Gasteiger partial charge >= 0.3 is 0 Å². The molecule has 2 aliphatic rings. The summed E-state index contributed by atoms with van der Waals surface area (Å²) < 4.78 is 5.18. The van der Waals surface area contributed by atoms with Gasteiger partial charge in [0.05, 0.1) is 0 Å². The van der Waals surface area contributed by atoms with Crippen molar-refractivity contribution in [1.29, 1.82) is 0 Å². The number of carbonyl (C=O) groups excluding carboxylic acids is 1. The van der Waals surface area contributed by atoms with E-state index in [2.05, 4.69) is 6.92 Å². The van der Waals surface area contributed by atoms with Gasteiger partial charge in [-0.05, 0) is 99.3 Å². The lowest BCUT2D eigenvalue weighted by atomic mass is 9.96. The zero-order chi connectivity index (χ0) is 20.0. The molecule has 4 nitrogen and oxygen atoms in total. The molecule has 2 fully saturated rings. The van der Waals surface area contributed by atoms with E-state index in [1.807, 2.05) is 0 Å². The number of benzene rings is 1. The molecule has 156 valence electrons. The third kappa shape index (κ3) is 6.15. The molecule has 1 aromatic carbocycles. The molecule has 2 aliphatic carbocycles. The van der Waals surface area contributed by atoms with Crippen LogP contribution >= 0.6 is 0 Å². The molecular formula is C24H36O4. The van der Waals surface area contributed by atoms with E-state index >= 15 is 0 Å². The molecule has 0 spiro atoms. The van der Waals surface area contributed by atoms with E-state index in [-0.39, 0.29) is 11.4 Å². The molecule has 1 aromatic rings. The summed E-state index contributed by atoms with van der Waals surface area (Å²) in [5.74, 6) is 0.625. The number of phenolic OH excluding ortho intramolecular Hbond substituents is 2. The standard InChI is InChI=1S/C24H36O4/c1-23(12-13-23)10-6-2-4-8-19-16-21(26)17-20(22(19)27)9-5-3-7-11-24(14-15-24)28-18-25/h16-18,26-27H,2-15H2,1H3. The van der Waals surface area contributed by atoms with Gasteiger partial charge in [0.2, 0.25) is 0 Å². The third-order valence-corrected chi connectivity index (χ3v) is 6.77. The molecule has 0 unspecified atom stereocenters. The average molecular weight is 389 g/mol. The zero-order valence-electron chi connectivity index (χ0n) is 17.3. The van der Waals surface area contributed by atoms with E-state index in [1.165, 1.54) is 32.1 Å². The van der Waals surface area contributed by atoms with E-state index in [4.69, 9.17) is 4.74 Å². The Morgan fingerprint density at radius 3 is 1.96 bits per heavy atom. The predicted octanol–water partition coefficient (Wildman–Crippen LogP) is 5.81. The Labute approximate surface area is 169 Å². The third-order valence-electron chi connectivity index (χ3n) is 6.77. The SMILES string of the molecule is CC1(CCCCCc2cc(O)cc(CCCCCC3(OC=O)CC3)c2O)CC1. The van der Waals surface area contributed by atoms with Crippen molar-refractivity contribution in [3.8, 4) is 11.5 Å². The maximum atomic E-state index is 10.6. The first-order chi connectivity index (χ1) is 13.5. The van der Waals surface area contributed by atoms with Crippen LogP contribution < -0.4 is 0 Å². The Morgan fingerprint density at radius 1 is 0.893 bits per heavy atom. The smallest absolute Gasteiger partial charge is 0.293 e. The number of rotatable bonds is 14. The van der Waals surface area contributed by atoms with Gasteiger partial charge in [-0.25, -0.2) is 0 Å². The Kier molecular flexibility index (Phi) is 6.90. The molecule has 2 saturated carbocycles. The fraction of sp³-hybridized carbons (Fsp3) is 0.708. The van der Waals surface area contributed by atoms with Crippen molar-refractivity contribution in [2.45, 2.75) is 102 Å². The lowest BCUT2D eigenvalue weighted by molar-refractivity contribution is -0.135. The normalized spacial score (nSPS) is 18.6. The minimum absolute atomic E-state index is 0.168. The van der Waals surface area contributed by atoms with E-state index in [0.717, 1.165) is 68.9 Å². The van der Waals surface area contributed by atoms with E-state index in [9.17, 15) is 15.0 Å². The lowest BCUT2D eigenvalue weighted by Crippen LogP contribution is -2.12. The zero-order valence-corrected chi connectivity index (χ0v) is 17.3. The van der Waals surface area contributed by atoms with Crippen LogP contribution in [0.15, 0.2) is 12.1 Å². The summed E-state index contributed by atoms with van der Waals surface area (Å²) in [6.07, 6.45) is 15.1. The van der Waals surface area contributed by atoms with Crippen LogP contribution in [0.25, 0.3) is 0 Å². The lowest BCUT2D eigenvalue weighted by Gasteiger charge is -2.13. The monoisotopic (exact) mass is 388 g/mol. The van der Waals surface area contributed by atoms with Crippen molar-refractivity contribution in [2.24, 2.45) is 5.41 Å². The second-order valence-electron chi connectivity index (χ2n) is 9.44. The molecular weight excluding hydrogens is 352 g/mol. The highest BCUT2D eigenvalue weighted by Crippen LogP contribution is 2.49. The highest BCUT2D eigenvalue weighted by Gasteiger charge is 2.44. The Morgan fingerprint density at radius 2 is 1.46 bits per heavy atom. The first-order valence-corrected chi connectivity index (χ1v) is 11.1. The molecule has 2 N–H and O–H groups in total. The number of carbonyl (C=O) groups is 1. The van der Waals surface area contributed by atoms with Gasteiger partial charge in [-0.1, -0.05) is 26.2 Å². The van der Waals surface area contributed by atoms with Gasteiger partial charge in [-0.3, -0.25) is 4.79 Å². The van der Waals surface area contributed by atoms with Crippen LogP contribution in [0.2, 0.25) is 0 Å². The van der Waals surface area contributed by atoms with Crippen LogP contribution in [0.1, 0.15) is 95.1 Å². The first-order valence-electron chi connectivity index (χ1n) is 11.1. The Balaban J connectivity index is 1.38. The summed E-state index contributed by atoms with van der Waals surface area (Å²) in [5, 5.41) is 20.7. The van der Waals surface area contributed by atoms with E-state index in [1.54, 1.807) is 12.1 Å². The predicted molar refractivity (Wildman–Crippen MR) is 111 cm³/mol. The first kappa shape index (κ1) is 21.0. The Hall–Kier alpha value is -1.71. The summed E-state index contributed by atoms with van der Waals surface area (Å²) in [7, 11) is 0. The minimum atomic E-state index is -0.168. The summed E-state index contributed by atoms with van der Waals surface area (Å²) >= 11 is 0. The van der Waals surface area contributed by atoms with Crippen LogP contribution in [0.5, 0.6) is 11.5 Å². The van der Waals surface area contributed by atoms with E-state index < -0.39 is 0 Å². The maximum Gasteiger partial charge on any atom is 0.293 e. The second kappa shape index (κ2) is 9.19. The quantitative estimate of drug-likeness (QED) is 0.240. The number of aryl methyl sites for hydroxylation is 2. The van der Waals surface area contributed by atoms with Crippen LogP contribution in [0.3, 0.4) is 0 Å². The van der Waals surface area contributed by atoms with Gasteiger partial charge < -0.3 is 14.9 Å². The summed E-state index contributed by atoms with van der Waals surface area (Å²) in [5.41, 5.74) is 2.19. The van der Waals surface area contributed by atoms with Crippen molar-refractivity contribution >= 4 is 6.47 Å². The van der Waals surface area contributed by atoms with Crippen LogP contribution in [0, 0.1) is 5.41 Å². The van der Waals surface area contributed by atoms with Gasteiger partial charge in [0.1, 0.15) is 17.1 Å². The van der Waals surface area contributed by atoms with Gasteiger partial charge in [0.15, 0.2) is 0 Å². The number of unbranched alkanes of at least 4 members (excludes halogenated alkanes) is 4.